The van der Waals surface area contributed by atoms with E-state index in [1.807, 2.05) is 0 Å². The summed E-state index contributed by atoms with van der Waals surface area (Å²) in [5.41, 5.74) is -3.08. The first-order valence-corrected chi connectivity index (χ1v) is 6.21. The maximum atomic E-state index is 13.5. The van der Waals surface area contributed by atoms with Gasteiger partial charge >= 0.3 is 17.8 Å². The van der Waals surface area contributed by atoms with E-state index < -0.39 is 23.7 Å². The molecule has 0 aromatic rings. The number of carbonyl (C=O) groups is 2. The number of alkyl halides is 3. The predicted molar refractivity (Wildman–Crippen MR) is 60.8 cm³/mol. The van der Waals surface area contributed by atoms with E-state index in [1.165, 1.54) is 6.92 Å². The Labute approximate surface area is 114 Å². The average Bonchev–Trinajstić information content (AvgIpc) is 2.35. The zero-order valence-electron chi connectivity index (χ0n) is 11.3. The maximum absolute atomic E-state index is 13.5. The van der Waals surface area contributed by atoms with Crippen LogP contribution in [0.3, 0.4) is 0 Å². The van der Waals surface area contributed by atoms with Crippen molar-refractivity contribution in [1.29, 1.82) is 0 Å². The van der Waals surface area contributed by atoms with Crippen LogP contribution in [-0.2, 0) is 19.1 Å². The van der Waals surface area contributed by atoms with E-state index in [1.54, 1.807) is 5.32 Å². The maximum Gasteiger partial charge on any atom is 0.478 e. The molecule has 1 aliphatic rings. The third kappa shape index (κ3) is 3.21. The second-order valence-electron chi connectivity index (χ2n) is 4.37. The Balaban J connectivity index is 3.23. The molecule has 1 heterocycles. The van der Waals surface area contributed by atoms with Crippen molar-refractivity contribution in [3.05, 3.63) is 0 Å². The molecule has 1 atom stereocenters. The van der Waals surface area contributed by atoms with Crippen LogP contribution in [0.5, 0.6) is 0 Å². The molecule has 0 aromatic carbocycles. The molecule has 1 rings (SSSR count). The summed E-state index contributed by atoms with van der Waals surface area (Å²) in [6.45, 7) is 2.16. The number of quaternary nitrogens is 1. The molecule has 1 aliphatic heterocycles. The van der Waals surface area contributed by atoms with E-state index in [9.17, 15) is 22.8 Å². The van der Waals surface area contributed by atoms with Gasteiger partial charge in [-0.3, -0.25) is 15.0 Å². The van der Waals surface area contributed by atoms with Crippen LogP contribution in [0.15, 0.2) is 0 Å². The third-order valence-electron chi connectivity index (χ3n) is 3.00. The van der Waals surface area contributed by atoms with Crippen molar-refractivity contribution in [2.45, 2.75) is 25.7 Å². The van der Waals surface area contributed by atoms with Crippen LogP contribution in [0.4, 0.5) is 13.2 Å². The zero-order valence-corrected chi connectivity index (χ0v) is 11.3. The molecule has 116 valence electrons. The lowest BCUT2D eigenvalue weighted by Gasteiger charge is -2.40. The smallest absolute Gasteiger partial charge is 0.460 e. The molecule has 0 aliphatic carbocycles. The summed E-state index contributed by atoms with van der Waals surface area (Å²) in [6, 6.07) is 0. The van der Waals surface area contributed by atoms with E-state index in [-0.39, 0.29) is 37.8 Å². The lowest BCUT2D eigenvalue weighted by Crippen LogP contribution is -3.27. The van der Waals surface area contributed by atoms with E-state index >= 15 is 0 Å². The van der Waals surface area contributed by atoms with Gasteiger partial charge in [-0.2, -0.15) is 13.2 Å². The van der Waals surface area contributed by atoms with Gasteiger partial charge in [-0.05, 0) is 6.92 Å². The van der Waals surface area contributed by atoms with Gasteiger partial charge in [0, 0.05) is 6.92 Å². The molecular weight excluding hydrogens is 281 g/mol. The van der Waals surface area contributed by atoms with E-state index in [0.29, 0.717) is 0 Å². The molecule has 1 amide bonds. The Morgan fingerprint density at radius 2 is 1.85 bits per heavy atom. The van der Waals surface area contributed by atoms with Crippen molar-refractivity contribution in [3.8, 4) is 0 Å². The second-order valence-corrected chi connectivity index (χ2v) is 4.37. The number of carbonyl (C=O) groups excluding carboxylic acids is 2. The lowest BCUT2D eigenvalue weighted by molar-refractivity contribution is -0.965. The fraction of sp³-hybridized carbons (Fsp3) is 0.818. The van der Waals surface area contributed by atoms with Crippen molar-refractivity contribution in [1.82, 2.24) is 5.32 Å². The van der Waals surface area contributed by atoms with Crippen LogP contribution in [0.2, 0.25) is 0 Å². The molecule has 1 fully saturated rings. The van der Waals surface area contributed by atoms with Gasteiger partial charge in [0.05, 0.1) is 19.8 Å². The molecule has 0 unspecified atom stereocenters. The van der Waals surface area contributed by atoms with Crippen molar-refractivity contribution in [2.75, 3.05) is 32.9 Å². The lowest BCUT2D eigenvalue weighted by atomic mass is 10.1. The number of amides is 1. The second kappa shape index (κ2) is 6.40. The van der Waals surface area contributed by atoms with Gasteiger partial charge < -0.3 is 9.47 Å². The summed E-state index contributed by atoms with van der Waals surface area (Å²) in [5.74, 6) is -2.45. The SMILES string of the molecule is CCOC(=O)[C@](NC(C)=O)([NH+]1CCOCC1)C(F)(F)F. The van der Waals surface area contributed by atoms with Crippen LogP contribution >= 0.6 is 0 Å². The quantitative estimate of drug-likeness (QED) is 0.644. The third-order valence-corrected chi connectivity index (χ3v) is 3.00. The van der Waals surface area contributed by atoms with Crippen LogP contribution in [0.25, 0.3) is 0 Å². The monoisotopic (exact) mass is 299 g/mol. The highest BCUT2D eigenvalue weighted by molar-refractivity contribution is 5.86. The van der Waals surface area contributed by atoms with Gasteiger partial charge in [-0.25, -0.2) is 4.79 Å². The van der Waals surface area contributed by atoms with E-state index in [0.717, 1.165) is 6.92 Å². The van der Waals surface area contributed by atoms with Crippen LogP contribution in [0, 0.1) is 0 Å². The average molecular weight is 299 g/mol. The van der Waals surface area contributed by atoms with Gasteiger partial charge in [0.1, 0.15) is 13.1 Å². The molecule has 2 N–H and O–H groups in total. The first-order chi connectivity index (χ1) is 9.25. The van der Waals surface area contributed by atoms with Crippen molar-refractivity contribution < 1.29 is 37.1 Å². The Morgan fingerprint density at radius 3 is 2.25 bits per heavy atom. The number of nitrogens with one attached hydrogen (secondary N) is 2. The molecule has 0 radical (unpaired) electrons. The molecule has 0 spiro atoms. The highest BCUT2D eigenvalue weighted by atomic mass is 19.4. The minimum Gasteiger partial charge on any atom is -0.460 e. The predicted octanol–water partition coefficient (Wildman–Crippen LogP) is -1.14. The first kappa shape index (κ1) is 16.7. The highest BCUT2D eigenvalue weighted by Crippen LogP contribution is 2.27. The van der Waals surface area contributed by atoms with Crippen LogP contribution in [0.1, 0.15) is 13.8 Å². The van der Waals surface area contributed by atoms with Gasteiger partial charge in [-0.15, -0.1) is 0 Å². The van der Waals surface area contributed by atoms with Crippen molar-refractivity contribution in [3.63, 3.8) is 0 Å². The molecule has 0 saturated carbocycles. The number of hydrogen-bond acceptors (Lipinski definition) is 4. The summed E-state index contributed by atoms with van der Waals surface area (Å²) in [5, 5.41) is 1.76. The Morgan fingerprint density at radius 1 is 1.30 bits per heavy atom. The largest absolute Gasteiger partial charge is 0.478 e. The van der Waals surface area contributed by atoms with Gasteiger partial charge in [0.2, 0.25) is 5.91 Å². The fourth-order valence-corrected chi connectivity index (χ4v) is 2.17. The molecule has 9 heteroatoms. The van der Waals surface area contributed by atoms with Crippen LogP contribution < -0.4 is 10.2 Å². The highest BCUT2D eigenvalue weighted by Gasteiger charge is 2.70. The van der Waals surface area contributed by atoms with E-state index in [4.69, 9.17) is 4.74 Å². The minimum absolute atomic E-state index is 0.0569. The van der Waals surface area contributed by atoms with Crippen LogP contribution in [-0.4, -0.2) is 56.6 Å². The summed E-state index contributed by atoms with van der Waals surface area (Å²) in [4.78, 5) is 23.0. The Kier molecular flexibility index (Phi) is 5.35. The molecule has 0 bridgehead atoms. The fourth-order valence-electron chi connectivity index (χ4n) is 2.17. The minimum atomic E-state index is -4.97. The molecule has 1 saturated heterocycles. The summed E-state index contributed by atoms with van der Waals surface area (Å²) in [7, 11) is 0. The summed E-state index contributed by atoms with van der Waals surface area (Å²) >= 11 is 0. The number of ether oxygens (including phenoxy) is 2. The Hall–Kier alpha value is -1.35. The van der Waals surface area contributed by atoms with Crippen molar-refractivity contribution >= 4 is 11.9 Å². The molecular formula is C11H18F3N2O4+. The number of esters is 1. The standard InChI is InChI=1S/C11H17F3N2O4/c1-3-20-9(18)10(11(12,13)14,15-8(2)17)16-4-6-19-7-5-16/h3-7H2,1-2H3,(H,15,17)/p+1/t10-/m0/s1. The van der Waals surface area contributed by atoms with Gasteiger partial charge in [0.25, 0.3) is 0 Å². The number of halogens is 3. The number of morpholine rings is 1. The Bertz CT molecular complexity index is 369. The number of rotatable bonds is 4. The molecule has 20 heavy (non-hydrogen) atoms. The first-order valence-electron chi connectivity index (χ1n) is 6.21. The molecule has 0 aromatic heterocycles. The van der Waals surface area contributed by atoms with E-state index in [2.05, 4.69) is 4.74 Å². The summed E-state index contributed by atoms with van der Waals surface area (Å²) < 4.78 is 50.1. The summed E-state index contributed by atoms with van der Waals surface area (Å²) in [6.07, 6.45) is -4.97. The molecule has 6 nitrogen and oxygen atoms in total. The normalized spacial score (nSPS) is 20.1. The topological polar surface area (TPSA) is 69.1 Å². The van der Waals surface area contributed by atoms with Gasteiger partial charge in [-0.1, -0.05) is 0 Å². The number of hydrogen-bond donors (Lipinski definition) is 2. The zero-order chi connectivity index (χ0) is 15.4. The van der Waals surface area contributed by atoms with Crippen molar-refractivity contribution in [2.24, 2.45) is 0 Å². The van der Waals surface area contributed by atoms with Gasteiger partial charge in [0.15, 0.2) is 0 Å².